The van der Waals surface area contributed by atoms with E-state index < -0.39 is 0 Å². The van der Waals surface area contributed by atoms with Crippen LogP contribution in [0.3, 0.4) is 0 Å². The Morgan fingerprint density at radius 1 is 1.18 bits per heavy atom. The Morgan fingerprint density at radius 2 is 1.97 bits per heavy atom. The Hall–Kier alpha value is -3.21. The van der Waals surface area contributed by atoms with Crippen LogP contribution in [0.5, 0.6) is 5.75 Å². The number of rotatable bonds is 7. The number of hydrogen-bond acceptors (Lipinski definition) is 4. The Morgan fingerprint density at radius 3 is 2.67 bits per heavy atom. The Labute approximate surface area is 195 Å². The molecule has 1 aromatic carbocycles. The van der Waals surface area contributed by atoms with Gasteiger partial charge in [0.2, 0.25) is 0 Å². The molecule has 2 aromatic heterocycles. The number of benzene rings is 1. The highest BCUT2D eigenvalue weighted by Crippen LogP contribution is 2.41. The molecule has 0 aliphatic carbocycles. The lowest BCUT2D eigenvalue weighted by atomic mass is 9.84. The van der Waals surface area contributed by atoms with E-state index in [9.17, 15) is 4.79 Å². The minimum atomic E-state index is -0.250. The Balaban J connectivity index is 1.55. The lowest BCUT2D eigenvalue weighted by molar-refractivity contribution is 0.0833. The van der Waals surface area contributed by atoms with Gasteiger partial charge in [-0.05, 0) is 99.9 Å². The van der Waals surface area contributed by atoms with Crippen LogP contribution in [-0.2, 0) is 12.8 Å². The van der Waals surface area contributed by atoms with Gasteiger partial charge in [-0.2, -0.15) is 0 Å². The largest absolute Gasteiger partial charge is 0.487 e. The van der Waals surface area contributed by atoms with E-state index >= 15 is 0 Å². The molecule has 1 atom stereocenters. The normalized spacial score (nSPS) is 15.4. The van der Waals surface area contributed by atoms with Crippen LogP contribution in [-0.4, -0.2) is 11.5 Å². The number of amides is 1. The molecule has 1 N–H and O–H groups in total. The standard InChI is InChI=1S/C28H33NO4/c1-7-8-24(20-12-14-31-16-20)29-27(30)25-10-9-21(32-25)15-23-17(2)18(3)26-22(19(23)4)11-13-28(5,6)33-26/h7,9-10,12,14,16,24H,1,8,11,13,15H2,2-6H3,(H,29,30). The minimum absolute atomic E-state index is 0.138. The molecule has 5 nitrogen and oxygen atoms in total. The number of hydrogen-bond donors (Lipinski definition) is 1. The summed E-state index contributed by atoms with van der Waals surface area (Å²) in [6.45, 7) is 14.5. The van der Waals surface area contributed by atoms with Crippen molar-refractivity contribution in [2.45, 2.75) is 71.9 Å². The van der Waals surface area contributed by atoms with Gasteiger partial charge in [-0.25, -0.2) is 0 Å². The minimum Gasteiger partial charge on any atom is -0.487 e. The van der Waals surface area contributed by atoms with Crippen molar-refractivity contribution in [3.8, 4) is 5.75 Å². The summed E-state index contributed by atoms with van der Waals surface area (Å²) in [6, 6.07) is 5.27. The number of nitrogens with one attached hydrogen (secondary N) is 1. The summed E-state index contributed by atoms with van der Waals surface area (Å²) >= 11 is 0. The number of ether oxygens (including phenoxy) is 1. The average molecular weight is 448 g/mol. The molecule has 0 saturated heterocycles. The smallest absolute Gasteiger partial charge is 0.287 e. The molecular weight excluding hydrogens is 414 g/mol. The topological polar surface area (TPSA) is 64.6 Å². The van der Waals surface area contributed by atoms with Crippen molar-refractivity contribution in [1.29, 1.82) is 0 Å². The van der Waals surface area contributed by atoms with Gasteiger partial charge in [0.1, 0.15) is 17.1 Å². The molecule has 0 radical (unpaired) electrons. The van der Waals surface area contributed by atoms with Crippen molar-refractivity contribution in [1.82, 2.24) is 5.32 Å². The van der Waals surface area contributed by atoms with Crippen LogP contribution in [0.15, 0.2) is 52.2 Å². The van der Waals surface area contributed by atoms with Crippen molar-refractivity contribution in [3.63, 3.8) is 0 Å². The number of carbonyl (C=O) groups excluding carboxylic acids is 1. The summed E-state index contributed by atoms with van der Waals surface area (Å²) in [7, 11) is 0. The van der Waals surface area contributed by atoms with Crippen LogP contribution in [0, 0.1) is 20.8 Å². The van der Waals surface area contributed by atoms with Crippen LogP contribution in [0.1, 0.15) is 82.4 Å². The fourth-order valence-electron chi connectivity index (χ4n) is 4.63. The third-order valence-electron chi connectivity index (χ3n) is 6.78. The first kappa shape index (κ1) is 23.0. The lowest BCUT2D eigenvalue weighted by Crippen LogP contribution is -2.33. The zero-order valence-electron chi connectivity index (χ0n) is 20.2. The predicted octanol–water partition coefficient (Wildman–Crippen LogP) is 6.54. The first-order chi connectivity index (χ1) is 15.7. The summed E-state index contributed by atoms with van der Waals surface area (Å²) in [4.78, 5) is 12.8. The molecular formula is C28H33NO4. The molecule has 3 heterocycles. The van der Waals surface area contributed by atoms with Gasteiger partial charge >= 0.3 is 0 Å². The van der Waals surface area contributed by atoms with Gasteiger partial charge in [0.05, 0.1) is 18.6 Å². The van der Waals surface area contributed by atoms with Crippen molar-refractivity contribution in [2.24, 2.45) is 0 Å². The van der Waals surface area contributed by atoms with E-state index in [0.717, 1.165) is 29.9 Å². The molecule has 0 fully saturated rings. The van der Waals surface area contributed by atoms with Gasteiger partial charge in [-0.3, -0.25) is 4.79 Å². The van der Waals surface area contributed by atoms with E-state index in [-0.39, 0.29) is 17.6 Å². The lowest BCUT2D eigenvalue weighted by Gasteiger charge is -2.35. The summed E-state index contributed by atoms with van der Waals surface area (Å²) < 4.78 is 17.5. The molecule has 4 rings (SSSR count). The first-order valence-electron chi connectivity index (χ1n) is 11.5. The summed E-state index contributed by atoms with van der Waals surface area (Å²) in [5.74, 6) is 1.86. The monoisotopic (exact) mass is 447 g/mol. The SMILES string of the molecule is C=CCC(NC(=O)c1ccc(Cc2c(C)c(C)c3c(c2C)CCC(C)(C)O3)o1)c1ccoc1. The van der Waals surface area contributed by atoms with E-state index in [4.69, 9.17) is 13.6 Å². The maximum absolute atomic E-state index is 12.8. The number of furan rings is 2. The molecule has 174 valence electrons. The van der Waals surface area contributed by atoms with Crippen molar-refractivity contribution in [3.05, 3.63) is 88.3 Å². The second kappa shape index (κ2) is 8.97. The van der Waals surface area contributed by atoms with Gasteiger partial charge in [-0.15, -0.1) is 6.58 Å². The fourth-order valence-corrected chi connectivity index (χ4v) is 4.63. The fraction of sp³-hybridized carbons (Fsp3) is 0.393. The molecule has 1 amide bonds. The molecule has 1 aliphatic heterocycles. The van der Waals surface area contributed by atoms with Crippen molar-refractivity contribution < 1.29 is 18.4 Å². The van der Waals surface area contributed by atoms with Crippen molar-refractivity contribution >= 4 is 5.91 Å². The van der Waals surface area contributed by atoms with Crippen LogP contribution in [0.4, 0.5) is 0 Å². The van der Waals surface area contributed by atoms with Gasteiger partial charge in [0.25, 0.3) is 5.91 Å². The van der Waals surface area contributed by atoms with Gasteiger partial charge in [0.15, 0.2) is 5.76 Å². The van der Waals surface area contributed by atoms with Crippen LogP contribution in [0.2, 0.25) is 0 Å². The highest BCUT2D eigenvalue weighted by Gasteiger charge is 2.31. The molecule has 1 aliphatic rings. The molecule has 0 spiro atoms. The van der Waals surface area contributed by atoms with Crippen molar-refractivity contribution in [2.75, 3.05) is 0 Å². The maximum Gasteiger partial charge on any atom is 0.287 e. The van der Waals surface area contributed by atoms with Gasteiger partial charge < -0.3 is 18.9 Å². The molecule has 5 heteroatoms. The molecule has 1 unspecified atom stereocenters. The van der Waals surface area contributed by atoms with Crippen LogP contribution in [0.25, 0.3) is 0 Å². The van der Waals surface area contributed by atoms with E-state index in [1.54, 1.807) is 24.7 Å². The van der Waals surface area contributed by atoms with Gasteiger partial charge in [-0.1, -0.05) is 6.08 Å². The highest BCUT2D eigenvalue weighted by molar-refractivity contribution is 5.91. The third-order valence-corrected chi connectivity index (χ3v) is 6.78. The second-order valence-electron chi connectivity index (χ2n) is 9.57. The van der Waals surface area contributed by atoms with E-state index in [1.807, 2.05) is 12.1 Å². The summed E-state index contributed by atoms with van der Waals surface area (Å²) in [5, 5.41) is 3.01. The summed E-state index contributed by atoms with van der Waals surface area (Å²) in [5.41, 5.74) is 6.98. The summed E-state index contributed by atoms with van der Waals surface area (Å²) in [6.07, 6.45) is 8.25. The van der Waals surface area contributed by atoms with Gasteiger partial charge in [0, 0.05) is 12.0 Å². The molecule has 33 heavy (non-hydrogen) atoms. The maximum atomic E-state index is 12.8. The van der Waals surface area contributed by atoms with E-state index in [0.29, 0.717) is 18.6 Å². The molecule has 3 aromatic rings. The average Bonchev–Trinajstić information content (AvgIpc) is 3.46. The van der Waals surface area contributed by atoms with Crippen LogP contribution >= 0.6 is 0 Å². The Kier molecular flexibility index (Phi) is 6.24. The predicted molar refractivity (Wildman–Crippen MR) is 129 cm³/mol. The molecule has 0 bridgehead atoms. The van der Waals surface area contributed by atoms with Crippen LogP contribution < -0.4 is 10.1 Å². The number of fused-ring (bicyclic) bond motifs is 1. The quantitative estimate of drug-likeness (QED) is 0.418. The highest BCUT2D eigenvalue weighted by atomic mass is 16.5. The zero-order valence-corrected chi connectivity index (χ0v) is 20.2. The van der Waals surface area contributed by atoms with E-state index in [1.165, 1.54) is 27.8 Å². The molecule has 0 saturated carbocycles. The Bertz CT molecular complexity index is 1170. The first-order valence-corrected chi connectivity index (χ1v) is 11.5. The van der Waals surface area contributed by atoms with E-state index in [2.05, 4.69) is 46.5 Å². The second-order valence-corrected chi connectivity index (χ2v) is 9.57. The number of carbonyl (C=O) groups is 1. The zero-order chi connectivity index (χ0) is 23.8. The third kappa shape index (κ3) is 4.63.